The number of aryl methyl sites for hydroxylation is 2. The molecule has 0 unspecified atom stereocenters. The Morgan fingerprint density at radius 3 is 2.45 bits per heavy atom. The van der Waals surface area contributed by atoms with Crippen molar-refractivity contribution in [1.29, 1.82) is 5.26 Å². The van der Waals surface area contributed by atoms with Gasteiger partial charge in [-0.15, -0.1) is 0 Å². The lowest BCUT2D eigenvalue weighted by atomic mass is 10.0. The van der Waals surface area contributed by atoms with Gasteiger partial charge in [0.25, 0.3) is 0 Å². The van der Waals surface area contributed by atoms with Gasteiger partial charge in [-0.05, 0) is 68.3 Å². The Morgan fingerprint density at radius 2 is 1.83 bits per heavy atom. The van der Waals surface area contributed by atoms with Crippen LogP contribution in [0.5, 0.6) is 11.6 Å². The lowest BCUT2D eigenvalue weighted by Gasteiger charge is -2.15. The van der Waals surface area contributed by atoms with E-state index in [1.165, 1.54) is 0 Å². The number of anilines is 2. The first-order valence-corrected chi connectivity index (χ1v) is 9.21. The fraction of sp³-hybridized carbons (Fsp3) is 0.174. The van der Waals surface area contributed by atoms with Gasteiger partial charge in [-0.25, -0.2) is 4.98 Å². The van der Waals surface area contributed by atoms with Crippen molar-refractivity contribution < 1.29 is 9.47 Å². The summed E-state index contributed by atoms with van der Waals surface area (Å²) in [5.74, 6) is 2.21. The van der Waals surface area contributed by atoms with Gasteiger partial charge in [0.2, 0.25) is 11.8 Å². The summed E-state index contributed by atoms with van der Waals surface area (Å²) >= 11 is 0. The predicted molar refractivity (Wildman–Crippen MR) is 113 cm³/mol. The molecule has 0 amide bonds. The van der Waals surface area contributed by atoms with Crippen LogP contribution < -0.4 is 10.1 Å². The molecule has 6 nitrogen and oxygen atoms in total. The first kappa shape index (κ1) is 19.9. The molecule has 0 saturated heterocycles. The molecule has 3 rings (SSSR count). The predicted octanol–water partition coefficient (Wildman–Crippen LogP) is 5.51. The van der Waals surface area contributed by atoms with Crippen LogP contribution in [0.3, 0.4) is 0 Å². The van der Waals surface area contributed by atoms with Crippen molar-refractivity contribution >= 4 is 17.4 Å². The fourth-order valence-corrected chi connectivity index (χ4v) is 2.85. The highest BCUT2D eigenvalue weighted by Crippen LogP contribution is 2.31. The van der Waals surface area contributed by atoms with Gasteiger partial charge in [-0.1, -0.05) is 6.58 Å². The third-order valence-electron chi connectivity index (χ3n) is 4.21. The van der Waals surface area contributed by atoms with Crippen molar-refractivity contribution in [3.05, 3.63) is 77.5 Å². The Morgan fingerprint density at radius 1 is 1.14 bits per heavy atom. The molecule has 29 heavy (non-hydrogen) atoms. The molecule has 0 atom stereocenters. The SMILES string of the molecule is C=C(OCC)c1cc(C)c(Oc2ccnc(Nc3ccc(C#N)cc3)n2)c(C)c1. The molecule has 0 aliphatic rings. The van der Waals surface area contributed by atoms with E-state index in [2.05, 4.69) is 27.9 Å². The summed E-state index contributed by atoms with van der Waals surface area (Å²) in [6, 6.07) is 14.8. The summed E-state index contributed by atoms with van der Waals surface area (Å²) in [5.41, 5.74) is 4.23. The van der Waals surface area contributed by atoms with E-state index in [-0.39, 0.29) is 0 Å². The van der Waals surface area contributed by atoms with E-state index in [1.807, 2.05) is 32.9 Å². The van der Waals surface area contributed by atoms with Gasteiger partial charge in [0.05, 0.1) is 18.2 Å². The summed E-state index contributed by atoms with van der Waals surface area (Å²) < 4.78 is 11.5. The molecule has 0 fully saturated rings. The number of ether oxygens (including phenoxy) is 2. The molecule has 1 N–H and O–H groups in total. The van der Waals surface area contributed by atoms with Crippen molar-refractivity contribution in [2.24, 2.45) is 0 Å². The molecule has 1 aromatic heterocycles. The molecule has 0 bridgehead atoms. The molecule has 3 aromatic rings. The van der Waals surface area contributed by atoms with Crippen molar-refractivity contribution in [1.82, 2.24) is 9.97 Å². The van der Waals surface area contributed by atoms with Crippen LogP contribution in [0, 0.1) is 25.2 Å². The number of hydrogen-bond acceptors (Lipinski definition) is 6. The van der Waals surface area contributed by atoms with Crippen LogP contribution in [0.4, 0.5) is 11.6 Å². The standard InChI is InChI=1S/C23H22N4O2/c1-5-28-17(4)19-12-15(2)22(16(3)13-19)29-21-10-11-25-23(27-21)26-20-8-6-18(14-24)7-9-20/h6-13H,4-5H2,1-3H3,(H,25,26,27). The maximum absolute atomic E-state index is 8.89. The number of nitriles is 1. The summed E-state index contributed by atoms with van der Waals surface area (Å²) in [7, 11) is 0. The second-order valence-electron chi connectivity index (χ2n) is 6.43. The molecule has 0 spiro atoms. The van der Waals surface area contributed by atoms with E-state index in [9.17, 15) is 0 Å². The van der Waals surface area contributed by atoms with E-state index in [4.69, 9.17) is 14.7 Å². The minimum Gasteiger partial charge on any atom is -0.494 e. The van der Waals surface area contributed by atoms with Gasteiger partial charge >= 0.3 is 0 Å². The number of rotatable bonds is 7. The zero-order valence-corrected chi connectivity index (χ0v) is 16.7. The van der Waals surface area contributed by atoms with Gasteiger partial charge in [0.15, 0.2) is 0 Å². The molecule has 146 valence electrons. The van der Waals surface area contributed by atoms with Gasteiger partial charge in [0, 0.05) is 23.5 Å². The molecule has 0 aliphatic heterocycles. The van der Waals surface area contributed by atoms with Crippen molar-refractivity contribution in [3.63, 3.8) is 0 Å². The van der Waals surface area contributed by atoms with Gasteiger partial charge < -0.3 is 14.8 Å². The van der Waals surface area contributed by atoms with E-state index in [1.54, 1.807) is 36.5 Å². The molecule has 1 heterocycles. The monoisotopic (exact) mass is 386 g/mol. The molecular formula is C23H22N4O2. The minimum atomic E-state index is 0.406. The van der Waals surface area contributed by atoms with Gasteiger partial charge in [-0.3, -0.25) is 0 Å². The van der Waals surface area contributed by atoms with Crippen molar-refractivity contribution in [3.8, 4) is 17.7 Å². The summed E-state index contributed by atoms with van der Waals surface area (Å²) in [6.07, 6.45) is 1.63. The number of aromatic nitrogens is 2. The highest BCUT2D eigenvalue weighted by atomic mass is 16.5. The quantitative estimate of drug-likeness (QED) is 0.540. The Kier molecular flexibility index (Phi) is 6.10. The van der Waals surface area contributed by atoms with Crippen LogP contribution >= 0.6 is 0 Å². The van der Waals surface area contributed by atoms with E-state index >= 15 is 0 Å². The average Bonchev–Trinajstić information content (AvgIpc) is 2.71. The second kappa shape index (κ2) is 8.89. The topological polar surface area (TPSA) is 80.1 Å². The van der Waals surface area contributed by atoms with Crippen LogP contribution in [-0.2, 0) is 4.74 Å². The molecule has 0 saturated carbocycles. The summed E-state index contributed by atoms with van der Waals surface area (Å²) in [5, 5.41) is 12.0. The normalized spacial score (nSPS) is 10.1. The maximum Gasteiger partial charge on any atom is 0.230 e. The smallest absolute Gasteiger partial charge is 0.230 e. The molecular weight excluding hydrogens is 364 g/mol. The Balaban J connectivity index is 1.79. The van der Waals surface area contributed by atoms with Crippen molar-refractivity contribution in [2.75, 3.05) is 11.9 Å². The number of hydrogen-bond donors (Lipinski definition) is 1. The first-order chi connectivity index (χ1) is 14.0. The summed E-state index contributed by atoms with van der Waals surface area (Å²) in [6.45, 7) is 10.4. The number of nitrogens with zero attached hydrogens (tertiary/aromatic N) is 3. The number of benzene rings is 2. The molecule has 0 aliphatic carbocycles. The molecule has 6 heteroatoms. The summed E-state index contributed by atoms with van der Waals surface area (Å²) in [4.78, 5) is 8.65. The lowest BCUT2D eigenvalue weighted by molar-refractivity contribution is 0.299. The number of nitrogens with one attached hydrogen (secondary N) is 1. The largest absolute Gasteiger partial charge is 0.494 e. The zero-order valence-electron chi connectivity index (χ0n) is 16.7. The van der Waals surface area contributed by atoms with Crippen LogP contribution in [0.15, 0.2) is 55.2 Å². The van der Waals surface area contributed by atoms with E-state index < -0.39 is 0 Å². The Labute approximate surface area is 170 Å². The highest BCUT2D eigenvalue weighted by molar-refractivity contribution is 5.62. The molecule has 2 aromatic carbocycles. The van der Waals surface area contributed by atoms with Crippen LogP contribution in [0.2, 0.25) is 0 Å². The van der Waals surface area contributed by atoms with Gasteiger partial charge in [0.1, 0.15) is 11.5 Å². The molecule has 0 radical (unpaired) electrons. The second-order valence-corrected chi connectivity index (χ2v) is 6.43. The zero-order chi connectivity index (χ0) is 20.8. The van der Waals surface area contributed by atoms with Crippen LogP contribution in [-0.4, -0.2) is 16.6 Å². The minimum absolute atomic E-state index is 0.406. The van der Waals surface area contributed by atoms with Crippen LogP contribution in [0.25, 0.3) is 5.76 Å². The lowest BCUT2D eigenvalue weighted by Crippen LogP contribution is -2.00. The highest BCUT2D eigenvalue weighted by Gasteiger charge is 2.11. The Bertz CT molecular complexity index is 1050. The maximum atomic E-state index is 8.89. The third-order valence-corrected chi connectivity index (χ3v) is 4.21. The van der Waals surface area contributed by atoms with E-state index in [0.717, 1.165) is 28.1 Å². The van der Waals surface area contributed by atoms with Gasteiger partial charge in [-0.2, -0.15) is 10.2 Å². The third kappa shape index (κ3) is 4.90. The van der Waals surface area contributed by atoms with Crippen LogP contribution in [0.1, 0.15) is 29.2 Å². The Hall–Kier alpha value is -3.85. The van der Waals surface area contributed by atoms with Crippen molar-refractivity contribution in [2.45, 2.75) is 20.8 Å². The fourth-order valence-electron chi connectivity index (χ4n) is 2.85. The first-order valence-electron chi connectivity index (χ1n) is 9.21. The average molecular weight is 386 g/mol. The van der Waals surface area contributed by atoms with E-state index in [0.29, 0.717) is 29.8 Å².